The molecule has 0 aliphatic heterocycles. The molecule has 0 bridgehead atoms. The lowest BCUT2D eigenvalue weighted by atomic mass is 10.1. The number of nitrogens with one attached hydrogen (secondary N) is 1. The molecule has 0 radical (unpaired) electrons. The number of aryl methyl sites for hydroxylation is 2. The van der Waals surface area contributed by atoms with E-state index in [-0.39, 0.29) is 6.61 Å². The van der Waals surface area contributed by atoms with Crippen LogP contribution in [-0.2, 0) is 6.61 Å². The molecule has 7 heteroatoms. The van der Waals surface area contributed by atoms with E-state index in [1.54, 1.807) is 31.4 Å². The monoisotopic (exact) mass is 477 g/mol. The molecule has 0 spiro atoms. The largest absolute Gasteiger partial charge is 0.493 e. The number of hydrogen-bond donors (Lipinski definition) is 1. The Morgan fingerprint density at radius 2 is 1.91 bits per heavy atom. The number of imidazole rings is 1. The molecular formula is C26H21Cl2N3O2. The summed E-state index contributed by atoms with van der Waals surface area (Å²) in [5.41, 5.74) is 5.85. The fourth-order valence-corrected chi connectivity index (χ4v) is 3.92. The lowest BCUT2D eigenvalue weighted by Crippen LogP contribution is -2.00. The van der Waals surface area contributed by atoms with Gasteiger partial charge in [0.05, 0.1) is 23.7 Å². The van der Waals surface area contributed by atoms with Crippen molar-refractivity contribution in [2.75, 3.05) is 7.11 Å². The van der Waals surface area contributed by atoms with Gasteiger partial charge in [0.2, 0.25) is 0 Å². The third-order valence-corrected chi connectivity index (χ3v) is 5.98. The number of aromatic amines is 1. The number of ether oxygens (including phenoxy) is 2. The summed E-state index contributed by atoms with van der Waals surface area (Å²) in [7, 11) is 1.57. The minimum absolute atomic E-state index is 0.211. The second-order valence-electron chi connectivity index (χ2n) is 7.61. The summed E-state index contributed by atoms with van der Waals surface area (Å²) in [4.78, 5) is 7.87. The van der Waals surface area contributed by atoms with Crippen LogP contribution >= 0.6 is 23.2 Å². The van der Waals surface area contributed by atoms with E-state index >= 15 is 0 Å². The number of methoxy groups -OCH3 is 1. The Bertz CT molecular complexity index is 1380. The van der Waals surface area contributed by atoms with Gasteiger partial charge in [0, 0.05) is 21.2 Å². The number of benzene rings is 3. The SMILES string of the molecule is COc1cccc(/C=C(\C#N)c2nc3cc(C)c(C)cc3[nH]2)c1OCc1ccc(Cl)cc1Cl. The van der Waals surface area contributed by atoms with Crippen LogP contribution in [0.4, 0.5) is 0 Å². The van der Waals surface area contributed by atoms with Crippen LogP contribution in [0.15, 0.2) is 48.5 Å². The number of rotatable bonds is 6. The molecule has 0 saturated heterocycles. The van der Waals surface area contributed by atoms with E-state index in [1.165, 1.54) is 0 Å². The van der Waals surface area contributed by atoms with Crippen LogP contribution in [0.3, 0.4) is 0 Å². The van der Waals surface area contributed by atoms with Gasteiger partial charge >= 0.3 is 0 Å². The highest BCUT2D eigenvalue weighted by molar-refractivity contribution is 6.35. The number of nitriles is 1. The molecule has 1 aromatic heterocycles. The number of fused-ring (bicyclic) bond motifs is 1. The minimum atomic E-state index is 0.211. The Kier molecular flexibility index (Phi) is 6.60. The highest BCUT2D eigenvalue weighted by Gasteiger charge is 2.14. The highest BCUT2D eigenvalue weighted by atomic mass is 35.5. The quantitative estimate of drug-likeness (QED) is 0.299. The van der Waals surface area contributed by atoms with E-state index in [0.717, 1.165) is 27.7 Å². The number of aromatic nitrogens is 2. The first-order valence-corrected chi connectivity index (χ1v) is 11.0. The van der Waals surface area contributed by atoms with Crippen LogP contribution < -0.4 is 9.47 Å². The summed E-state index contributed by atoms with van der Waals surface area (Å²) in [6, 6.07) is 17.0. The average Bonchev–Trinajstić information content (AvgIpc) is 3.19. The van der Waals surface area contributed by atoms with Crippen molar-refractivity contribution in [3.05, 3.63) is 86.7 Å². The molecule has 0 saturated carbocycles. The summed E-state index contributed by atoms with van der Waals surface area (Å²) in [6.07, 6.45) is 1.73. The van der Waals surface area contributed by atoms with E-state index < -0.39 is 0 Å². The maximum absolute atomic E-state index is 9.88. The Labute approximate surface area is 202 Å². The predicted octanol–water partition coefficient (Wildman–Crippen LogP) is 7.14. The molecule has 0 fully saturated rings. The van der Waals surface area contributed by atoms with Crippen LogP contribution in [0, 0.1) is 25.2 Å². The van der Waals surface area contributed by atoms with Gasteiger partial charge in [-0.25, -0.2) is 4.98 Å². The predicted molar refractivity (Wildman–Crippen MR) is 133 cm³/mol. The van der Waals surface area contributed by atoms with Gasteiger partial charge in [0.15, 0.2) is 11.5 Å². The topological polar surface area (TPSA) is 70.9 Å². The van der Waals surface area contributed by atoms with Crippen molar-refractivity contribution in [2.24, 2.45) is 0 Å². The lowest BCUT2D eigenvalue weighted by Gasteiger charge is -2.14. The molecule has 0 aliphatic rings. The number of H-pyrrole nitrogens is 1. The molecule has 4 aromatic rings. The van der Waals surface area contributed by atoms with Gasteiger partial charge in [-0.1, -0.05) is 41.4 Å². The second-order valence-corrected chi connectivity index (χ2v) is 8.46. The third kappa shape index (κ3) is 4.83. The van der Waals surface area contributed by atoms with Crippen molar-refractivity contribution in [3.8, 4) is 17.6 Å². The first-order chi connectivity index (χ1) is 15.9. The summed E-state index contributed by atoms with van der Waals surface area (Å²) < 4.78 is 11.6. The molecule has 4 rings (SSSR count). The van der Waals surface area contributed by atoms with E-state index in [4.69, 9.17) is 32.7 Å². The van der Waals surface area contributed by atoms with Crippen LogP contribution in [0.5, 0.6) is 11.5 Å². The summed E-state index contributed by atoms with van der Waals surface area (Å²) in [5, 5.41) is 11.0. The smallest absolute Gasteiger partial charge is 0.168 e. The van der Waals surface area contributed by atoms with Crippen molar-refractivity contribution in [3.63, 3.8) is 0 Å². The summed E-state index contributed by atoms with van der Waals surface area (Å²) >= 11 is 12.3. The van der Waals surface area contributed by atoms with E-state index in [2.05, 4.69) is 16.0 Å². The lowest BCUT2D eigenvalue weighted by molar-refractivity contribution is 0.284. The second kappa shape index (κ2) is 9.58. The van der Waals surface area contributed by atoms with Crippen molar-refractivity contribution < 1.29 is 9.47 Å². The molecule has 1 heterocycles. The molecule has 0 aliphatic carbocycles. The molecule has 166 valence electrons. The van der Waals surface area contributed by atoms with E-state index in [9.17, 15) is 5.26 Å². The van der Waals surface area contributed by atoms with Gasteiger partial charge in [0.1, 0.15) is 18.5 Å². The number of hydrogen-bond acceptors (Lipinski definition) is 4. The molecule has 33 heavy (non-hydrogen) atoms. The average molecular weight is 478 g/mol. The van der Waals surface area contributed by atoms with E-state index in [1.807, 2.05) is 44.2 Å². The zero-order valence-corrected chi connectivity index (χ0v) is 19.9. The molecule has 0 unspecified atom stereocenters. The molecule has 5 nitrogen and oxygen atoms in total. The van der Waals surface area contributed by atoms with Gasteiger partial charge < -0.3 is 14.5 Å². The van der Waals surface area contributed by atoms with Gasteiger partial charge in [-0.2, -0.15) is 5.26 Å². The summed E-state index contributed by atoms with van der Waals surface area (Å²) in [6.45, 7) is 4.29. The third-order valence-electron chi connectivity index (χ3n) is 5.39. The van der Waals surface area contributed by atoms with Crippen LogP contribution in [0.2, 0.25) is 10.0 Å². The standard InChI is InChI=1S/C26H21Cl2N3O2/c1-15-9-22-23(10-16(15)2)31-26(30-22)19(13-29)11-17-5-4-6-24(32-3)25(17)33-14-18-7-8-20(27)12-21(18)28/h4-12H,14H2,1-3H3,(H,30,31)/b19-11+. The Balaban J connectivity index is 1.72. The zero-order valence-electron chi connectivity index (χ0n) is 18.4. The van der Waals surface area contributed by atoms with Crippen LogP contribution in [-0.4, -0.2) is 17.1 Å². The normalized spacial score (nSPS) is 11.5. The molecule has 0 amide bonds. The maximum Gasteiger partial charge on any atom is 0.168 e. The van der Waals surface area contributed by atoms with Crippen molar-refractivity contribution in [1.82, 2.24) is 9.97 Å². The first-order valence-electron chi connectivity index (χ1n) is 10.2. The molecule has 3 aromatic carbocycles. The van der Waals surface area contributed by atoms with Crippen molar-refractivity contribution in [1.29, 1.82) is 5.26 Å². The Morgan fingerprint density at radius 3 is 2.64 bits per heavy atom. The van der Waals surface area contributed by atoms with Crippen molar-refractivity contribution >= 4 is 45.9 Å². The maximum atomic E-state index is 9.88. The van der Waals surface area contributed by atoms with Crippen molar-refractivity contribution in [2.45, 2.75) is 20.5 Å². The van der Waals surface area contributed by atoms with Gasteiger partial charge in [-0.15, -0.1) is 0 Å². The number of allylic oxidation sites excluding steroid dienone is 1. The molecular weight excluding hydrogens is 457 g/mol. The Hall–Kier alpha value is -3.46. The first kappa shape index (κ1) is 22.7. The van der Waals surface area contributed by atoms with Gasteiger partial charge in [-0.05, 0) is 61.4 Å². The Morgan fingerprint density at radius 1 is 1.12 bits per heavy atom. The highest BCUT2D eigenvalue weighted by Crippen LogP contribution is 2.35. The number of halogens is 2. The number of para-hydroxylation sites is 1. The molecule has 0 atom stereocenters. The summed E-state index contributed by atoms with van der Waals surface area (Å²) in [5.74, 6) is 1.54. The van der Waals surface area contributed by atoms with Gasteiger partial charge in [-0.3, -0.25) is 0 Å². The number of nitrogens with zero attached hydrogens (tertiary/aromatic N) is 2. The van der Waals surface area contributed by atoms with Crippen LogP contribution in [0.1, 0.15) is 28.1 Å². The zero-order chi connectivity index (χ0) is 23.5. The van der Waals surface area contributed by atoms with Crippen LogP contribution in [0.25, 0.3) is 22.7 Å². The van der Waals surface area contributed by atoms with Gasteiger partial charge in [0.25, 0.3) is 0 Å². The fraction of sp³-hybridized carbons (Fsp3) is 0.154. The fourth-order valence-electron chi connectivity index (χ4n) is 3.46. The van der Waals surface area contributed by atoms with E-state index in [0.29, 0.717) is 38.5 Å². The molecule has 1 N–H and O–H groups in total. The minimum Gasteiger partial charge on any atom is -0.493 e.